The van der Waals surface area contributed by atoms with Gasteiger partial charge in [0.25, 0.3) is 0 Å². The molecule has 0 radical (unpaired) electrons. The van der Waals surface area contributed by atoms with Gasteiger partial charge in [0.1, 0.15) is 17.9 Å². The SMILES string of the molecule is Cc1ccc(C(C)C)c(C2C(=O)CCSC2=NC(=O)NCCc2ccc(-c3ncn(-c4ccc(OC(F)(F)F)cc4)n3)cc2)c1. The van der Waals surface area contributed by atoms with Crippen LogP contribution in [-0.4, -0.2) is 50.3 Å². The summed E-state index contributed by atoms with van der Waals surface area (Å²) in [7, 11) is 0. The fraction of sp³-hybridized carbons (Fsp3) is 0.303. The number of ketones is 1. The summed E-state index contributed by atoms with van der Waals surface area (Å²) in [5.74, 6) is 0.521. The Balaban J connectivity index is 1.19. The Hall–Kier alpha value is -4.45. The number of Topliss-reactive ketones (excluding diaryl/α,β-unsaturated/α-hetero) is 1. The summed E-state index contributed by atoms with van der Waals surface area (Å²) in [6.45, 7) is 6.55. The molecule has 3 aromatic carbocycles. The number of aromatic nitrogens is 3. The molecule has 1 aliphatic rings. The predicted molar refractivity (Wildman–Crippen MR) is 168 cm³/mol. The van der Waals surface area contributed by atoms with Crippen molar-refractivity contribution in [2.75, 3.05) is 12.3 Å². The lowest BCUT2D eigenvalue weighted by atomic mass is 9.85. The number of ether oxygens (including phenoxy) is 1. The van der Waals surface area contributed by atoms with Crippen LogP contribution in [0.25, 0.3) is 17.1 Å². The zero-order valence-corrected chi connectivity index (χ0v) is 25.8. The van der Waals surface area contributed by atoms with Crippen LogP contribution < -0.4 is 10.1 Å². The number of halogens is 3. The summed E-state index contributed by atoms with van der Waals surface area (Å²) >= 11 is 1.46. The summed E-state index contributed by atoms with van der Waals surface area (Å²) in [6.07, 6.45) is -2.27. The van der Waals surface area contributed by atoms with Crippen LogP contribution in [-0.2, 0) is 11.2 Å². The number of nitrogens with zero attached hydrogens (tertiary/aromatic N) is 4. The largest absolute Gasteiger partial charge is 0.573 e. The minimum atomic E-state index is -4.76. The van der Waals surface area contributed by atoms with Crippen molar-refractivity contribution >= 4 is 28.6 Å². The van der Waals surface area contributed by atoms with Gasteiger partial charge in [-0.15, -0.1) is 30.0 Å². The third kappa shape index (κ3) is 8.18. The van der Waals surface area contributed by atoms with Gasteiger partial charge in [0.05, 0.1) is 16.6 Å². The summed E-state index contributed by atoms with van der Waals surface area (Å²) in [6, 6.07) is 18.5. The molecule has 1 saturated heterocycles. The number of alkyl halides is 3. The third-order valence-electron chi connectivity index (χ3n) is 7.28. The number of amides is 2. The van der Waals surface area contributed by atoms with Crippen molar-refractivity contribution in [3.63, 3.8) is 0 Å². The van der Waals surface area contributed by atoms with Gasteiger partial charge >= 0.3 is 12.4 Å². The first kappa shape index (κ1) is 32.0. The maximum Gasteiger partial charge on any atom is 0.573 e. The van der Waals surface area contributed by atoms with Gasteiger partial charge < -0.3 is 10.1 Å². The zero-order chi connectivity index (χ0) is 32.1. The maximum absolute atomic E-state index is 13.1. The van der Waals surface area contributed by atoms with E-state index in [-0.39, 0.29) is 17.5 Å². The van der Waals surface area contributed by atoms with E-state index in [1.807, 2.05) is 43.3 Å². The van der Waals surface area contributed by atoms with Crippen molar-refractivity contribution in [2.45, 2.75) is 51.8 Å². The van der Waals surface area contributed by atoms with Crippen LogP contribution in [0.2, 0.25) is 0 Å². The predicted octanol–water partition coefficient (Wildman–Crippen LogP) is 7.41. The fourth-order valence-electron chi connectivity index (χ4n) is 5.09. The molecule has 1 fully saturated rings. The van der Waals surface area contributed by atoms with Crippen LogP contribution in [0.5, 0.6) is 5.75 Å². The average Bonchev–Trinajstić information content (AvgIpc) is 3.47. The smallest absolute Gasteiger partial charge is 0.406 e. The van der Waals surface area contributed by atoms with Crippen LogP contribution in [0.3, 0.4) is 0 Å². The molecule has 1 atom stereocenters. The molecule has 1 N–H and O–H groups in total. The second-order valence-electron chi connectivity index (χ2n) is 11.0. The lowest BCUT2D eigenvalue weighted by Crippen LogP contribution is -2.30. The van der Waals surface area contributed by atoms with Crippen molar-refractivity contribution in [2.24, 2.45) is 4.99 Å². The summed E-state index contributed by atoms with van der Waals surface area (Å²) in [5.41, 5.74) is 5.35. The summed E-state index contributed by atoms with van der Waals surface area (Å²) in [4.78, 5) is 34.5. The number of nitrogens with one attached hydrogen (secondary N) is 1. The number of rotatable bonds is 8. The van der Waals surface area contributed by atoms with Gasteiger partial charge in [-0.25, -0.2) is 14.5 Å². The van der Waals surface area contributed by atoms with Gasteiger partial charge in [0.15, 0.2) is 5.82 Å². The number of aryl methyl sites for hydroxylation is 1. The van der Waals surface area contributed by atoms with E-state index in [2.05, 4.69) is 45.0 Å². The van der Waals surface area contributed by atoms with Crippen molar-refractivity contribution in [3.05, 3.63) is 95.3 Å². The van der Waals surface area contributed by atoms with Crippen molar-refractivity contribution in [1.29, 1.82) is 0 Å². The first-order valence-electron chi connectivity index (χ1n) is 14.5. The number of aliphatic imine (C=N–C) groups is 1. The highest BCUT2D eigenvalue weighted by molar-refractivity contribution is 8.14. The van der Waals surface area contributed by atoms with Crippen LogP contribution in [0, 0.1) is 6.92 Å². The number of urea groups is 1. The highest BCUT2D eigenvalue weighted by atomic mass is 32.2. The van der Waals surface area contributed by atoms with E-state index < -0.39 is 18.3 Å². The Labute approximate surface area is 263 Å². The molecule has 1 unspecified atom stereocenters. The van der Waals surface area contributed by atoms with Crippen LogP contribution in [0.1, 0.15) is 54.4 Å². The maximum atomic E-state index is 13.1. The van der Waals surface area contributed by atoms with Crippen LogP contribution in [0.15, 0.2) is 78.0 Å². The van der Waals surface area contributed by atoms with E-state index in [9.17, 15) is 22.8 Å². The monoisotopic (exact) mass is 635 g/mol. The van der Waals surface area contributed by atoms with E-state index >= 15 is 0 Å². The second-order valence-corrected chi connectivity index (χ2v) is 12.1. The number of hydrogen-bond donors (Lipinski definition) is 1. The number of hydrogen-bond acceptors (Lipinski definition) is 6. The molecule has 0 bridgehead atoms. The third-order valence-corrected chi connectivity index (χ3v) is 8.31. The molecular formula is C33H32F3N5O3S. The Bertz CT molecular complexity index is 1700. The molecule has 2 heterocycles. The molecule has 2 amide bonds. The molecule has 5 rings (SSSR count). The van der Waals surface area contributed by atoms with Crippen molar-refractivity contribution in [3.8, 4) is 22.8 Å². The molecule has 1 aromatic heterocycles. The Morgan fingerprint density at radius 2 is 1.84 bits per heavy atom. The fourth-order valence-corrected chi connectivity index (χ4v) is 6.17. The molecule has 234 valence electrons. The number of thioether (sulfide) groups is 1. The first-order valence-corrected chi connectivity index (χ1v) is 15.4. The normalized spacial score (nSPS) is 16.3. The molecule has 0 spiro atoms. The number of benzene rings is 3. The number of carbonyl (C=O) groups is 2. The highest BCUT2D eigenvalue weighted by Crippen LogP contribution is 2.36. The Morgan fingerprint density at radius 1 is 1.11 bits per heavy atom. The van der Waals surface area contributed by atoms with Crippen LogP contribution >= 0.6 is 11.8 Å². The minimum Gasteiger partial charge on any atom is -0.406 e. The standard InChI is InChI=1S/C33H32F3N5O3S/c1-20(2)26-13-4-21(3)18-27(26)29-28(42)15-17-45-31(29)39-32(43)37-16-14-22-5-7-23(8-6-22)30-38-19-41(40-30)24-9-11-25(12-10-24)44-33(34,35)36/h4-13,18-20,29H,14-17H2,1-3H3,(H,37,43). The zero-order valence-electron chi connectivity index (χ0n) is 25.0. The van der Waals surface area contributed by atoms with Gasteiger partial charge in [-0.05, 0) is 60.2 Å². The molecule has 0 aliphatic carbocycles. The molecule has 4 aromatic rings. The molecule has 1 aliphatic heterocycles. The average molecular weight is 636 g/mol. The molecule has 8 nitrogen and oxygen atoms in total. The summed E-state index contributed by atoms with van der Waals surface area (Å²) < 4.78 is 42.6. The van der Waals surface area contributed by atoms with Crippen LogP contribution in [0.4, 0.5) is 18.0 Å². The molecule has 0 saturated carbocycles. The van der Waals surface area contributed by atoms with E-state index in [1.54, 1.807) is 0 Å². The second kappa shape index (κ2) is 13.7. The van der Waals surface area contributed by atoms with Crippen molar-refractivity contribution in [1.82, 2.24) is 20.1 Å². The molecular weight excluding hydrogens is 603 g/mol. The quantitative estimate of drug-likeness (QED) is 0.217. The Morgan fingerprint density at radius 3 is 2.53 bits per heavy atom. The van der Waals surface area contributed by atoms with Gasteiger partial charge in [0, 0.05) is 24.3 Å². The number of carbonyl (C=O) groups excluding carboxylic acids is 2. The van der Waals surface area contributed by atoms with E-state index in [1.165, 1.54) is 47.0 Å². The van der Waals surface area contributed by atoms with E-state index in [0.29, 0.717) is 41.7 Å². The van der Waals surface area contributed by atoms with Gasteiger partial charge in [0.2, 0.25) is 0 Å². The molecule has 45 heavy (non-hydrogen) atoms. The van der Waals surface area contributed by atoms with E-state index in [0.717, 1.165) is 27.8 Å². The highest BCUT2D eigenvalue weighted by Gasteiger charge is 2.33. The topological polar surface area (TPSA) is 98.5 Å². The van der Waals surface area contributed by atoms with Gasteiger partial charge in [-0.1, -0.05) is 61.9 Å². The van der Waals surface area contributed by atoms with Gasteiger partial charge in [-0.2, -0.15) is 4.99 Å². The Kier molecular flexibility index (Phi) is 9.71. The lowest BCUT2D eigenvalue weighted by Gasteiger charge is -2.26. The minimum absolute atomic E-state index is 0.0839. The van der Waals surface area contributed by atoms with Gasteiger partial charge in [-0.3, -0.25) is 4.79 Å². The van der Waals surface area contributed by atoms with E-state index in [4.69, 9.17) is 0 Å². The first-order chi connectivity index (χ1) is 21.5. The van der Waals surface area contributed by atoms with Crippen molar-refractivity contribution < 1.29 is 27.5 Å². The molecule has 12 heteroatoms. The lowest BCUT2D eigenvalue weighted by molar-refractivity contribution is -0.274. The summed E-state index contributed by atoms with van der Waals surface area (Å²) in [5, 5.41) is 7.81.